The monoisotopic (exact) mass is 395 g/mol. The van der Waals surface area contributed by atoms with Gasteiger partial charge in [-0.3, -0.25) is 0 Å². The highest BCUT2D eigenvalue weighted by Gasteiger charge is 2.22. The maximum atomic E-state index is 12.1. The Morgan fingerprint density at radius 1 is 1.38 bits per heavy atom. The minimum absolute atomic E-state index is 0.0885. The molecule has 24 heavy (non-hydrogen) atoms. The van der Waals surface area contributed by atoms with Crippen molar-refractivity contribution in [3.63, 3.8) is 0 Å². The molecular weight excluding hydrogens is 374 g/mol. The average Bonchev–Trinajstić information content (AvgIpc) is 2.78. The van der Waals surface area contributed by atoms with Gasteiger partial charge in [-0.2, -0.15) is 0 Å². The molecule has 0 amide bonds. The van der Waals surface area contributed by atoms with Gasteiger partial charge in [-0.1, -0.05) is 25.7 Å². The molecule has 1 saturated carbocycles. The third kappa shape index (κ3) is 4.54. The van der Waals surface area contributed by atoms with Crippen molar-refractivity contribution in [2.75, 3.05) is 0 Å². The quantitative estimate of drug-likeness (QED) is 0.613. The van der Waals surface area contributed by atoms with Gasteiger partial charge < -0.3 is 14.5 Å². The van der Waals surface area contributed by atoms with Gasteiger partial charge in [0.2, 0.25) is 0 Å². The van der Waals surface area contributed by atoms with Crippen molar-refractivity contribution >= 4 is 33.1 Å². The molecule has 6 nitrogen and oxygen atoms in total. The van der Waals surface area contributed by atoms with Crippen LogP contribution in [0.15, 0.2) is 16.7 Å². The van der Waals surface area contributed by atoms with Crippen LogP contribution in [0, 0.1) is 0 Å². The second-order valence-electron chi connectivity index (χ2n) is 6.21. The summed E-state index contributed by atoms with van der Waals surface area (Å²) in [5.41, 5.74) is 1.41. The Hall–Kier alpha value is -1.47. The van der Waals surface area contributed by atoms with Gasteiger partial charge in [0, 0.05) is 10.7 Å². The minimum atomic E-state index is -0.551. The maximum Gasteiger partial charge on any atom is 0.335 e. The number of nitrogens with zero attached hydrogens (tertiary/aromatic N) is 2. The maximum absolute atomic E-state index is 12.1. The normalized spacial score (nSPS) is 17.6. The van der Waals surface area contributed by atoms with E-state index in [1.807, 2.05) is 6.07 Å². The van der Waals surface area contributed by atoms with Gasteiger partial charge >= 0.3 is 5.97 Å². The Labute approximate surface area is 149 Å². The first-order valence-corrected chi connectivity index (χ1v) is 9.23. The molecule has 130 valence electrons. The number of ether oxygens (including phenoxy) is 2. The molecule has 0 unspecified atom stereocenters. The molecule has 0 radical (unpaired) electrons. The van der Waals surface area contributed by atoms with Crippen LogP contribution in [0.5, 0.6) is 0 Å². The zero-order valence-corrected chi connectivity index (χ0v) is 15.3. The minimum Gasteiger partial charge on any atom is -0.456 e. The number of aromatic nitrogens is 3. The van der Waals surface area contributed by atoms with Crippen LogP contribution < -0.4 is 0 Å². The smallest absolute Gasteiger partial charge is 0.335 e. The number of hydrogen-bond acceptors (Lipinski definition) is 5. The largest absolute Gasteiger partial charge is 0.456 e. The Morgan fingerprint density at radius 2 is 2.12 bits per heavy atom. The summed E-state index contributed by atoms with van der Waals surface area (Å²) in [6, 6.07) is 1.89. The second kappa shape index (κ2) is 8.07. The van der Waals surface area contributed by atoms with Crippen molar-refractivity contribution in [1.82, 2.24) is 15.0 Å². The molecule has 1 aliphatic carbocycles. The lowest BCUT2D eigenvalue weighted by Crippen LogP contribution is -2.28. The Morgan fingerprint density at radius 3 is 2.88 bits per heavy atom. The summed E-state index contributed by atoms with van der Waals surface area (Å²) in [6.45, 7) is 1.84. The summed E-state index contributed by atoms with van der Waals surface area (Å²) >= 11 is 3.36. The summed E-state index contributed by atoms with van der Waals surface area (Å²) in [6.07, 6.45) is 8.23. The van der Waals surface area contributed by atoms with E-state index in [9.17, 15) is 4.79 Å². The molecule has 2 aromatic heterocycles. The van der Waals surface area contributed by atoms with Gasteiger partial charge in [0.15, 0.2) is 11.8 Å². The van der Waals surface area contributed by atoms with Gasteiger partial charge in [-0.15, -0.1) is 0 Å². The van der Waals surface area contributed by atoms with E-state index in [0.29, 0.717) is 11.5 Å². The molecule has 1 N–H and O–H groups in total. The predicted molar refractivity (Wildman–Crippen MR) is 93.4 cm³/mol. The van der Waals surface area contributed by atoms with Crippen LogP contribution in [0.4, 0.5) is 0 Å². The Kier molecular flexibility index (Phi) is 5.84. The average molecular weight is 396 g/mol. The molecule has 2 aromatic rings. The topological polar surface area (TPSA) is 77.1 Å². The fourth-order valence-electron chi connectivity index (χ4n) is 2.97. The number of halogens is 1. The second-order valence-corrected chi connectivity index (χ2v) is 7.12. The standard InChI is InChI=1S/C17H22BrN3O3/c1-11(24-13-6-4-2-3-5-7-13)17(22)23-10-15-20-14-8-12(18)9-19-16(14)21-15/h8-9,11,13H,2-7,10H2,1H3,(H,19,20,21)/t11-/m1/s1. The zero-order valence-electron chi connectivity index (χ0n) is 13.8. The number of esters is 1. The molecule has 0 saturated heterocycles. The molecule has 7 heteroatoms. The number of imidazole rings is 1. The third-order valence-electron chi connectivity index (χ3n) is 4.23. The number of pyridine rings is 1. The van der Waals surface area contributed by atoms with Gasteiger partial charge in [0.05, 0.1) is 11.6 Å². The Bertz CT molecular complexity index is 695. The highest BCUT2D eigenvalue weighted by atomic mass is 79.9. The molecular formula is C17H22BrN3O3. The summed E-state index contributed by atoms with van der Waals surface area (Å²) in [4.78, 5) is 23.7. The predicted octanol–water partition coefficient (Wildman–Crippen LogP) is 3.89. The fourth-order valence-corrected chi connectivity index (χ4v) is 3.30. The summed E-state index contributed by atoms with van der Waals surface area (Å²) < 4.78 is 12.1. The summed E-state index contributed by atoms with van der Waals surface area (Å²) in [7, 11) is 0. The van der Waals surface area contributed by atoms with Crippen molar-refractivity contribution < 1.29 is 14.3 Å². The number of aromatic amines is 1. The van der Waals surface area contributed by atoms with Crippen molar-refractivity contribution in [3.8, 4) is 0 Å². The van der Waals surface area contributed by atoms with Gasteiger partial charge in [0.1, 0.15) is 12.4 Å². The van der Waals surface area contributed by atoms with Crippen LogP contribution in [-0.2, 0) is 20.9 Å². The number of fused-ring (bicyclic) bond motifs is 1. The van der Waals surface area contributed by atoms with E-state index < -0.39 is 6.10 Å². The van der Waals surface area contributed by atoms with E-state index in [-0.39, 0.29) is 18.7 Å². The highest BCUT2D eigenvalue weighted by Crippen LogP contribution is 2.21. The lowest BCUT2D eigenvalue weighted by Gasteiger charge is -2.19. The first-order valence-electron chi connectivity index (χ1n) is 8.44. The van der Waals surface area contributed by atoms with Crippen molar-refractivity contribution in [3.05, 3.63) is 22.6 Å². The van der Waals surface area contributed by atoms with Crippen LogP contribution in [0.3, 0.4) is 0 Å². The number of rotatable bonds is 5. The molecule has 3 rings (SSSR count). The van der Waals surface area contributed by atoms with Gasteiger partial charge in [0.25, 0.3) is 0 Å². The molecule has 1 atom stereocenters. The molecule has 2 heterocycles. The molecule has 1 aliphatic rings. The van der Waals surface area contributed by atoms with E-state index in [0.717, 1.165) is 22.8 Å². The van der Waals surface area contributed by atoms with Crippen LogP contribution in [0.2, 0.25) is 0 Å². The van der Waals surface area contributed by atoms with Gasteiger partial charge in [-0.25, -0.2) is 14.8 Å². The van der Waals surface area contributed by atoms with E-state index in [2.05, 4.69) is 30.9 Å². The van der Waals surface area contributed by atoms with E-state index in [4.69, 9.17) is 9.47 Å². The first-order chi connectivity index (χ1) is 11.6. The SMILES string of the molecule is C[C@@H](OC1CCCCCC1)C(=O)OCc1nc2ncc(Br)cc2[nH]1. The molecule has 0 spiro atoms. The van der Waals surface area contributed by atoms with E-state index in [1.165, 1.54) is 25.7 Å². The third-order valence-corrected chi connectivity index (χ3v) is 4.67. The van der Waals surface area contributed by atoms with Crippen molar-refractivity contribution in [2.45, 2.75) is 64.3 Å². The first kappa shape index (κ1) is 17.4. The molecule has 0 bridgehead atoms. The van der Waals surface area contributed by atoms with Crippen LogP contribution in [0.1, 0.15) is 51.3 Å². The van der Waals surface area contributed by atoms with Crippen molar-refractivity contribution in [2.24, 2.45) is 0 Å². The highest BCUT2D eigenvalue weighted by molar-refractivity contribution is 9.10. The lowest BCUT2D eigenvalue weighted by atomic mass is 10.1. The number of nitrogens with one attached hydrogen (secondary N) is 1. The van der Waals surface area contributed by atoms with E-state index in [1.54, 1.807) is 13.1 Å². The summed E-state index contributed by atoms with van der Waals surface area (Å²) in [5, 5.41) is 0. The molecule has 1 fully saturated rings. The van der Waals surface area contributed by atoms with E-state index >= 15 is 0 Å². The zero-order chi connectivity index (χ0) is 16.9. The van der Waals surface area contributed by atoms with Crippen LogP contribution >= 0.6 is 15.9 Å². The molecule has 0 aromatic carbocycles. The van der Waals surface area contributed by atoms with Gasteiger partial charge in [-0.05, 0) is 41.8 Å². The lowest BCUT2D eigenvalue weighted by molar-refractivity contribution is -0.161. The summed E-state index contributed by atoms with van der Waals surface area (Å²) in [5.74, 6) is 0.222. The van der Waals surface area contributed by atoms with Crippen LogP contribution in [-0.4, -0.2) is 33.1 Å². The Balaban J connectivity index is 1.51. The fraction of sp³-hybridized carbons (Fsp3) is 0.588. The van der Waals surface area contributed by atoms with Crippen LogP contribution in [0.25, 0.3) is 11.2 Å². The number of H-pyrrole nitrogens is 1. The molecule has 0 aliphatic heterocycles. The number of hydrogen-bond donors (Lipinski definition) is 1. The van der Waals surface area contributed by atoms with Crippen molar-refractivity contribution in [1.29, 1.82) is 0 Å². The number of carbonyl (C=O) groups excluding carboxylic acids is 1. The number of carbonyl (C=O) groups is 1.